The zero-order valence-electron chi connectivity index (χ0n) is 5.38. The van der Waals surface area contributed by atoms with Crippen molar-refractivity contribution in [2.75, 3.05) is 6.61 Å². The van der Waals surface area contributed by atoms with Crippen molar-refractivity contribution in [1.29, 1.82) is 0 Å². The fraction of sp³-hybridized carbons (Fsp3) is 1.00. The van der Waals surface area contributed by atoms with Gasteiger partial charge in [0.2, 0.25) is 0 Å². The quantitative estimate of drug-likeness (QED) is 0.361. The molecule has 0 spiro atoms. The fourth-order valence-electron chi connectivity index (χ4n) is 0.159. The molecule has 2 N–H and O–H groups in total. The Labute approximate surface area is 56.8 Å². The molecular weight excluding hydrogens is 138 g/mol. The molecule has 0 amide bonds. The monoisotopic (exact) mass is 145 g/mol. The predicted molar refractivity (Wildman–Crippen MR) is 30.4 cm³/mol. The molecule has 0 aromatic heterocycles. The average Bonchev–Trinajstić information content (AvgIpc) is 1.97. The van der Waals surface area contributed by atoms with Crippen LogP contribution in [0.25, 0.3) is 0 Å². The lowest BCUT2D eigenvalue weighted by atomic mass is 10.9. The maximum Gasteiger partial charge on any atom is 0.116 e. The molecule has 0 aromatic rings. The maximum absolute atomic E-state index is 4.57. The first-order valence-corrected chi connectivity index (χ1v) is 2.44. The third-order valence-corrected chi connectivity index (χ3v) is 0.395. The molecule has 0 aliphatic carbocycles. The molecule has 0 fully saturated rings. The SMILES string of the molecule is CCON=NN=NN=NN. The van der Waals surface area contributed by atoms with Gasteiger partial charge in [0.25, 0.3) is 0 Å². The van der Waals surface area contributed by atoms with Crippen LogP contribution in [-0.4, -0.2) is 6.61 Å². The van der Waals surface area contributed by atoms with E-state index in [2.05, 4.69) is 42.1 Å². The van der Waals surface area contributed by atoms with Crippen LogP contribution in [0.15, 0.2) is 31.4 Å². The predicted octanol–water partition coefficient (Wildman–Crippen LogP) is 0.998. The van der Waals surface area contributed by atoms with Gasteiger partial charge in [0.15, 0.2) is 0 Å². The molecule has 0 atom stereocenters. The summed E-state index contributed by atoms with van der Waals surface area (Å²) < 4.78 is 0. The van der Waals surface area contributed by atoms with E-state index in [-0.39, 0.29) is 0 Å². The summed E-state index contributed by atoms with van der Waals surface area (Å²) in [7, 11) is 0. The number of nitrogens with two attached hydrogens (primary N) is 1. The van der Waals surface area contributed by atoms with Crippen molar-refractivity contribution in [3.8, 4) is 0 Å². The third kappa shape index (κ3) is 6.40. The van der Waals surface area contributed by atoms with E-state index in [1.807, 2.05) is 0 Å². The summed E-state index contributed by atoms with van der Waals surface area (Å²) in [5.74, 6) is 4.57. The highest BCUT2D eigenvalue weighted by atomic mass is 16.6. The second-order valence-corrected chi connectivity index (χ2v) is 0.973. The van der Waals surface area contributed by atoms with Crippen LogP contribution in [0.5, 0.6) is 0 Å². The van der Waals surface area contributed by atoms with E-state index in [1.165, 1.54) is 0 Å². The summed E-state index contributed by atoms with van der Waals surface area (Å²) in [6.07, 6.45) is 0. The molecule has 8 nitrogen and oxygen atoms in total. The minimum atomic E-state index is 0.428. The summed E-state index contributed by atoms with van der Waals surface area (Å²) in [6.45, 7) is 2.19. The van der Waals surface area contributed by atoms with Gasteiger partial charge in [-0.05, 0) is 17.4 Å². The Kier molecular flexibility index (Phi) is 6.22. The van der Waals surface area contributed by atoms with Gasteiger partial charge in [-0.25, -0.2) is 0 Å². The molecular formula is C2H7N7O. The maximum atomic E-state index is 4.57. The molecule has 10 heavy (non-hydrogen) atoms. The summed E-state index contributed by atoms with van der Waals surface area (Å²) in [5.41, 5.74) is 0. The molecule has 0 heterocycles. The highest BCUT2D eigenvalue weighted by Gasteiger charge is 1.68. The molecule has 0 aliphatic heterocycles. The van der Waals surface area contributed by atoms with Crippen molar-refractivity contribution < 1.29 is 4.84 Å². The number of hydrogen-bond donors (Lipinski definition) is 1. The lowest BCUT2D eigenvalue weighted by molar-refractivity contribution is 0.134. The summed E-state index contributed by atoms with van der Waals surface area (Å²) in [6, 6.07) is 0. The van der Waals surface area contributed by atoms with E-state index < -0.39 is 0 Å². The van der Waals surface area contributed by atoms with Gasteiger partial charge in [0, 0.05) is 15.7 Å². The van der Waals surface area contributed by atoms with E-state index in [0.717, 1.165) is 0 Å². The van der Waals surface area contributed by atoms with Crippen molar-refractivity contribution in [3.05, 3.63) is 0 Å². The van der Waals surface area contributed by atoms with Crippen molar-refractivity contribution in [3.63, 3.8) is 0 Å². The number of rotatable bonds is 4. The molecule has 0 bridgehead atoms. The molecule has 0 radical (unpaired) electrons. The van der Waals surface area contributed by atoms with Crippen LogP contribution in [-0.2, 0) is 4.84 Å². The van der Waals surface area contributed by atoms with Crippen LogP contribution >= 0.6 is 0 Å². The number of nitrogens with zero attached hydrogens (tertiary/aromatic N) is 6. The van der Waals surface area contributed by atoms with Gasteiger partial charge >= 0.3 is 0 Å². The first-order valence-electron chi connectivity index (χ1n) is 2.44. The summed E-state index contributed by atoms with van der Waals surface area (Å²) >= 11 is 0. The normalized spacial score (nSPS) is 12.1. The van der Waals surface area contributed by atoms with Crippen LogP contribution < -0.4 is 5.84 Å². The van der Waals surface area contributed by atoms with Crippen molar-refractivity contribution in [1.82, 2.24) is 0 Å². The Morgan fingerprint density at radius 1 is 1.20 bits per heavy atom. The van der Waals surface area contributed by atoms with E-state index in [0.29, 0.717) is 6.61 Å². The first kappa shape index (κ1) is 8.40. The van der Waals surface area contributed by atoms with Gasteiger partial charge in [-0.3, -0.25) is 0 Å². The zero-order chi connectivity index (χ0) is 7.66. The second-order valence-electron chi connectivity index (χ2n) is 0.973. The Bertz CT molecular complexity index is 139. The van der Waals surface area contributed by atoms with E-state index >= 15 is 0 Å². The highest BCUT2D eigenvalue weighted by molar-refractivity contribution is 4.05. The molecule has 0 aliphatic rings. The Balaban J connectivity index is 3.32. The molecule has 8 heteroatoms. The first-order chi connectivity index (χ1) is 4.91. The lowest BCUT2D eigenvalue weighted by Gasteiger charge is -1.82. The van der Waals surface area contributed by atoms with Crippen molar-refractivity contribution in [2.24, 2.45) is 37.2 Å². The Hall–Kier alpha value is -1.60. The van der Waals surface area contributed by atoms with Crippen molar-refractivity contribution >= 4 is 0 Å². The number of hydrogen-bond acceptors (Lipinski definition) is 3. The second kappa shape index (κ2) is 7.40. The van der Waals surface area contributed by atoms with Gasteiger partial charge < -0.3 is 10.7 Å². The van der Waals surface area contributed by atoms with Crippen LogP contribution in [0.1, 0.15) is 6.92 Å². The molecule has 0 unspecified atom stereocenters. The molecule has 0 saturated carbocycles. The zero-order valence-corrected chi connectivity index (χ0v) is 5.38. The largest absolute Gasteiger partial charge is 0.378 e. The topological polar surface area (TPSA) is 109 Å². The van der Waals surface area contributed by atoms with E-state index in [1.54, 1.807) is 6.92 Å². The van der Waals surface area contributed by atoms with Gasteiger partial charge in [-0.1, -0.05) is 5.22 Å². The van der Waals surface area contributed by atoms with E-state index in [9.17, 15) is 0 Å². The molecule has 0 saturated heterocycles. The minimum absolute atomic E-state index is 0.428. The Morgan fingerprint density at radius 3 is 2.50 bits per heavy atom. The van der Waals surface area contributed by atoms with Gasteiger partial charge in [-0.2, -0.15) is 0 Å². The average molecular weight is 145 g/mol. The summed E-state index contributed by atoms with van der Waals surface area (Å²) in [4.78, 5) is 4.41. The molecule has 0 rings (SSSR count). The summed E-state index contributed by atoms with van der Waals surface area (Å²) in [5, 5.41) is 17.8. The van der Waals surface area contributed by atoms with Gasteiger partial charge in [0.1, 0.15) is 6.61 Å². The Morgan fingerprint density at radius 2 is 1.90 bits per heavy atom. The minimum Gasteiger partial charge on any atom is -0.378 e. The molecule has 0 aromatic carbocycles. The van der Waals surface area contributed by atoms with Crippen LogP contribution in [0.3, 0.4) is 0 Å². The van der Waals surface area contributed by atoms with Gasteiger partial charge in [-0.15, -0.1) is 0 Å². The molecule has 56 valence electrons. The van der Waals surface area contributed by atoms with Crippen molar-refractivity contribution in [2.45, 2.75) is 6.92 Å². The smallest absolute Gasteiger partial charge is 0.116 e. The fourth-order valence-corrected chi connectivity index (χ4v) is 0.159. The highest BCUT2D eigenvalue weighted by Crippen LogP contribution is 1.82. The van der Waals surface area contributed by atoms with Crippen LogP contribution in [0, 0.1) is 0 Å². The van der Waals surface area contributed by atoms with Crippen LogP contribution in [0.2, 0.25) is 0 Å². The van der Waals surface area contributed by atoms with Crippen LogP contribution in [0.4, 0.5) is 0 Å². The van der Waals surface area contributed by atoms with E-state index in [4.69, 9.17) is 0 Å². The standard InChI is InChI=1S/C2H7N7O/c1-2-10-9-8-7-6-5-4-3/h2H2,1H3,(H2,3,5,7,9). The lowest BCUT2D eigenvalue weighted by Crippen LogP contribution is -1.74. The van der Waals surface area contributed by atoms with Gasteiger partial charge in [0.05, 0.1) is 0 Å². The third-order valence-electron chi connectivity index (χ3n) is 0.395.